The summed E-state index contributed by atoms with van der Waals surface area (Å²) < 4.78 is 11.6. The quantitative estimate of drug-likeness (QED) is 0.905. The highest BCUT2D eigenvalue weighted by Gasteiger charge is 2.24. The average molecular weight is 321 g/mol. The number of aliphatic hydroxyl groups is 1. The second kappa shape index (κ2) is 7.65. The Labute approximate surface area is 140 Å². The molecule has 0 bridgehead atoms. The van der Waals surface area contributed by atoms with E-state index in [1.165, 1.54) is 5.56 Å². The van der Waals surface area contributed by atoms with Crippen molar-refractivity contribution in [3.63, 3.8) is 0 Å². The molecule has 1 saturated heterocycles. The van der Waals surface area contributed by atoms with Crippen LogP contribution in [0.25, 0.3) is 0 Å². The SMILES string of the molecule is C[C@H]1CN(C[C@H](O)COc2ccccc2C(C)(C)C)C[C@H](C)O1. The lowest BCUT2D eigenvalue weighted by molar-refractivity contribution is -0.0787. The Morgan fingerprint density at radius 1 is 1.22 bits per heavy atom. The molecule has 1 aromatic rings. The van der Waals surface area contributed by atoms with Gasteiger partial charge in [-0.05, 0) is 30.9 Å². The van der Waals surface area contributed by atoms with Gasteiger partial charge in [-0.25, -0.2) is 0 Å². The van der Waals surface area contributed by atoms with Crippen LogP contribution in [0, 0.1) is 0 Å². The van der Waals surface area contributed by atoms with E-state index in [9.17, 15) is 5.11 Å². The molecule has 4 nitrogen and oxygen atoms in total. The fourth-order valence-electron chi connectivity index (χ4n) is 3.18. The molecule has 0 aromatic heterocycles. The zero-order chi connectivity index (χ0) is 17.0. The summed E-state index contributed by atoms with van der Waals surface area (Å²) in [5.74, 6) is 0.864. The van der Waals surface area contributed by atoms with Crippen LogP contribution < -0.4 is 4.74 Å². The fourth-order valence-corrected chi connectivity index (χ4v) is 3.18. The highest BCUT2D eigenvalue weighted by Crippen LogP contribution is 2.31. The van der Waals surface area contributed by atoms with Crippen LogP contribution in [0.1, 0.15) is 40.2 Å². The van der Waals surface area contributed by atoms with Gasteiger partial charge in [-0.2, -0.15) is 0 Å². The Hall–Kier alpha value is -1.10. The minimum atomic E-state index is -0.500. The van der Waals surface area contributed by atoms with E-state index >= 15 is 0 Å². The van der Waals surface area contributed by atoms with Gasteiger partial charge in [0.05, 0.1) is 12.2 Å². The van der Waals surface area contributed by atoms with Gasteiger partial charge >= 0.3 is 0 Å². The minimum Gasteiger partial charge on any atom is -0.491 e. The maximum absolute atomic E-state index is 10.3. The van der Waals surface area contributed by atoms with Crippen molar-refractivity contribution in [1.29, 1.82) is 0 Å². The molecule has 0 spiro atoms. The van der Waals surface area contributed by atoms with E-state index in [1.807, 2.05) is 18.2 Å². The Balaban J connectivity index is 1.89. The molecule has 1 N–H and O–H groups in total. The molecule has 1 aromatic carbocycles. The van der Waals surface area contributed by atoms with Crippen LogP contribution in [0.3, 0.4) is 0 Å². The lowest BCUT2D eigenvalue weighted by atomic mass is 9.86. The monoisotopic (exact) mass is 321 g/mol. The van der Waals surface area contributed by atoms with Crippen molar-refractivity contribution >= 4 is 0 Å². The summed E-state index contributed by atoms with van der Waals surface area (Å²) in [6, 6.07) is 8.07. The number of para-hydroxylation sites is 1. The second-order valence-electron chi connectivity index (χ2n) is 7.69. The van der Waals surface area contributed by atoms with Crippen LogP contribution in [0.4, 0.5) is 0 Å². The topological polar surface area (TPSA) is 41.9 Å². The van der Waals surface area contributed by atoms with Crippen LogP contribution >= 0.6 is 0 Å². The van der Waals surface area contributed by atoms with Gasteiger partial charge in [0.25, 0.3) is 0 Å². The number of hydrogen-bond donors (Lipinski definition) is 1. The van der Waals surface area contributed by atoms with Crippen LogP contribution in [-0.2, 0) is 10.2 Å². The summed E-state index contributed by atoms with van der Waals surface area (Å²) in [4.78, 5) is 2.25. The largest absolute Gasteiger partial charge is 0.491 e. The lowest BCUT2D eigenvalue weighted by Crippen LogP contribution is -2.48. The molecule has 1 heterocycles. The molecule has 1 aliphatic heterocycles. The maximum Gasteiger partial charge on any atom is 0.123 e. The highest BCUT2D eigenvalue weighted by molar-refractivity contribution is 5.38. The van der Waals surface area contributed by atoms with Crippen LogP contribution in [0.5, 0.6) is 5.75 Å². The van der Waals surface area contributed by atoms with Crippen molar-refractivity contribution in [2.75, 3.05) is 26.2 Å². The number of ether oxygens (including phenoxy) is 2. The minimum absolute atomic E-state index is 0.0244. The average Bonchev–Trinajstić information content (AvgIpc) is 2.43. The number of aliphatic hydroxyl groups excluding tert-OH is 1. The van der Waals surface area contributed by atoms with Crippen LogP contribution in [0.15, 0.2) is 24.3 Å². The Kier molecular flexibility index (Phi) is 6.06. The molecule has 0 unspecified atom stereocenters. The van der Waals surface area contributed by atoms with Gasteiger partial charge in [0.2, 0.25) is 0 Å². The van der Waals surface area contributed by atoms with E-state index in [0.29, 0.717) is 13.2 Å². The number of rotatable bonds is 5. The first-order valence-corrected chi connectivity index (χ1v) is 8.54. The van der Waals surface area contributed by atoms with Gasteiger partial charge < -0.3 is 14.6 Å². The van der Waals surface area contributed by atoms with E-state index < -0.39 is 6.10 Å². The maximum atomic E-state index is 10.3. The Morgan fingerprint density at radius 2 is 1.83 bits per heavy atom. The van der Waals surface area contributed by atoms with Crippen molar-refractivity contribution in [2.24, 2.45) is 0 Å². The molecule has 0 saturated carbocycles. The Morgan fingerprint density at radius 3 is 2.43 bits per heavy atom. The molecule has 1 aliphatic rings. The summed E-state index contributed by atoms with van der Waals surface area (Å²) in [7, 11) is 0. The normalized spacial score (nSPS) is 24.4. The standard InChI is InChI=1S/C19H31NO3/c1-14-10-20(11-15(2)23-14)12-16(21)13-22-18-9-7-6-8-17(18)19(3,4)5/h6-9,14-16,21H,10-13H2,1-5H3/t14-,15-,16-/m0/s1. The van der Waals surface area contributed by atoms with Gasteiger partial charge in [-0.1, -0.05) is 39.0 Å². The second-order valence-corrected chi connectivity index (χ2v) is 7.69. The zero-order valence-electron chi connectivity index (χ0n) is 15.1. The van der Waals surface area contributed by atoms with Crippen molar-refractivity contribution in [3.05, 3.63) is 29.8 Å². The third-order valence-electron chi connectivity index (χ3n) is 4.09. The molecule has 0 aliphatic carbocycles. The number of β-amino-alcohol motifs (C(OH)–C–C–N with tert-alkyl or cyclic N) is 1. The number of benzene rings is 1. The number of hydrogen-bond acceptors (Lipinski definition) is 4. The predicted molar refractivity (Wildman–Crippen MR) is 93.1 cm³/mol. The summed E-state index contributed by atoms with van der Waals surface area (Å²) in [6.45, 7) is 13.3. The zero-order valence-corrected chi connectivity index (χ0v) is 15.1. The summed E-state index contributed by atoms with van der Waals surface area (Å²) in [5, 5.41) is 10.3. The van der Waals surface area contributed by atoms with Crippen LogP contribution in [0.2, 0.25) is 0 Å². The van der Waals surface area contributed by atoms with Gasteiger partial charge in [-0.3, -0.25) is 4.90 Å². The van der Waals surface area contributed by atoms with Gasteiger partial charge in [-0.15, -0.1) is 0 Å². The van der Waals surface area contributed by atoms with E-state index in [2.05, 4.69) is 45.6 Å². The molecular formula is C19H31NO3. The van der Waals surface area contributed by atoms with Crippen molar-refractivity contribution < 1.29 is 14.6 Å². The van der Waals surface area contributed by atoms with Crippen LogP contribution in [-0.4, -0.2) is 54.6 Å². The first-order chi connectivity index (χ1) is 10.8. The van der Waals surface area contributed by atoms with Crippen molar-refractivity contribution in [2.45, 2.75) is 58.3 Å². The van der Waals surface area contributed by atoms with E-state index in [-0.39, 0.29) is 17.6 Å². The molecule has 0 radical (unpaired) electrons. The van der Waals surface area contributed by atoms with E-state index in [1.54, 1.807) is 0 Å². The first kappa shape index (κ1) is 18.2. The summed E-state index contributed by atoms with van der Waals surface area (Å²) in [5.41, 5.74) is 1.19. The first-order valence-electron chi connectivity index (χ1n) is 8.54. The van der Waals surface area contributed by atoms with Gasteiger partial charge in [0.1, 0.15) is 18.5 Å². The van der Waals surface area contributed by atoms with Crippen molar-refractivity contribution in [3.8, 4) is 5.75 Å². The number of morpholine rings is 1. The fraction of sp³-hybridized carbons (Fsp3) is 0.684. The molecule has 4 heteroatoms. The van der Waals surface area contributed by atoms with Gasteiger partial charge in [0, 0.05) is 19.6 Å². The van der Waals surface area contributed by atoms with Crippen molar-refractivity contribution in [1.82, 2.24) is 4.90 Å². The molecule has 2 rings (SSSR count). The predicted octanol–water partition coefficient (Wildman–Crippen LogP) is 2.83. The molecule has 23 heavy (non-hydrogen) atoms. The Bertz CT molecular complexity index is 488. The third kappa shape index (κ3) is 5.48. The molecule has 1 fully saturated rings. The van der Waals surface area contributed by atoms with E-state index in [4.69, 9.17) is 9.47 Å². The third-order valence-corrected chi connectivity index (χ3v) is 4.09. The molecular weight excluding hydrogens is 290 g/mol. The molecule has 3 atom stereocenters. The molecule has 130 valence electrons. The summed E-state index contributed by atoms with van der Waals surface area (Å²) >= 11 is 0. The van der Waals surface area contributed by atoms with E-state index in [0.717, 1.165) is 18.8 Å². The number of nitrogens with zero attached hydrogens (tertiary/aromatic N) is 1. The smallest absolute Gasteiger partial charge is 0.123 e. The van der Waals surface area contributed by atoms with Gasteiger partial charge in [0.15, 0.2) is 0 Å². The lowest BCUT2D eigenvalue weighted by Gasteiger charge is -2.36. The molecule has 0 amide bonds. The summed E-state index contributed by atoms with van der Waals surface area (Å²) in [6.07, 6.45) is -0.0671. The highest BCUT2D eigenvalue weighted by atomic mass is 16.5.